The van der Waals surface area contributed by atoms with Crippen molar-refractivity contribution in [2.45, 2.75) is 20.1 Å². The summed E-state index contributed by atoms with van der Waals surface area (Å²) in [6.07, 6.45) is 1.50. The molecule has 164 valence electrons. The van der Waals surface area contributed by atoms with Gasteiger partial charge in [0, 0.05) is 15.1 Å². The first kappa shape index (κ1) is 22.2. The number of halogens is 3. The van der Waals surface area contributed by atoms with E-state index in [4.69, 9.17) is 44.0 Å². The molecule has 4 rings (SSSR count). The second kappa shape index (κ2) is 9.65. The lowest BCUT2D eigenvalue weighted by Crippen LogP contribution is -2.12. The summed E-state index contributed by atoms with van der Waals surface area (Å²) in [6.45, 7) is 2.45. The monoisotopic (exact) mass is 490 g/mol. The van der Waals surface area contributed by atoms with Crippen LogP contribution in [0, 0.1) is 6.92 Å². The minimum Gasteiger partial charge on any atom is -0.485 e. The van der Waals surface area contributed by atoms with Gasteiger partial charge in [-0.25, -0.2) is 9.67 Å². The van der Waals surface area contributed by atoms with Gasteiger partial charge >= 0.3 is 0 Å². The van der Waals surface area contributed by atoms with Crippen molar-refractivity contribution in [2.24, 2.45) is 0 Å². The molecule has 32 heavy (non-hydrogen) atoms. The summed E-state index contributed by atoms with van der Waals surface area (Å²) >= 11 is 18.1. The zero-order valence-electron chi connectivity index (χ0n) is 16.8. The van der Waals surface area contributed by atoms with Gasteiger partial charge in [-0.15, -0.1) is 5.10 Å². The Kier molecular flexibility index (Phi) is 6.69. The number of carbonyl (C=O) groups is 1. The number of aryl methyl sites for hydroxylation is 1. The predicted molar refractivity (Wildman–Crippen MR) is 123 cm³/mol. The molecule has 0 saturated carbocycles. The number of carbonyl (C=O) groups excluding carboxylic acids is 1. The van der Waals surface area contributed by atoms with Crippen molar-refractivity contribution < 1.29 is 13.9 Å². The SMILES string of the molecule is Cc1cc(Cl)ccc1OCc1ccc(C(=O)Nc2ncn(Cc3ccc(Cl)cc3Cl)n2)o1. The fraction of sp³-hybridized carbons (Fsp3) is 0.136. The van der Waals surface area contributed by atoms with Crippen molar-refractivity contribution in [2.75, 3.05) is 5.32 Å². The Morgan fingerprint density at radius 2 is 1.88 bits per heavy atom. The van der Waals surface area contributed by atoms with E-state index in [1.165, 1.54) is 6.33 Å². The molecular weight excluding hydrogens is 475 g/mol. The Bertz CT molecular complexity index is 1270. The number of rotatable bonds is 7. The van der Waals surface area contributed by atoms with E-state index in [9.17, 15) is 4.79 Å². The number of anilines is 1. The zero-order valence-corrected chi connectivity index (χ0v) is 19.1. The Balaban J connectivity index is 1.35. The molecule has 0 bridgehead atoms. The molecule has 2 heterocycles. The molecule has 0 radical (unpaired) electrons. The maximum atomic E-state index is 12.5. The third-order valence-corrected chi connectivity index (χ3v) is 5.32. The topological polar surface area (TPSA) is 82.2 Å². The van der Waals surface area contributed by atoms with E-state index < -0.39 is 5.91 Å². The largest absolute Gasteiger partial charge is 0.485 e. The van der Waals surface area contributed by atoms with Crippen LogP contribution in [0.4, 0.5) is 5.95 Å². The molecule has 0 aliphatic carbocycles. The van der Waals surface area contributed by atoms with Gasteiger partial charge in [0.05, 0.1) is 6.54 Å². The van der Waals surface area contributed by atoms with E-state index in [1.807, 2.05) is 19.1 Å². The zero-order chi connectivity index (χ0) is 22.7. The number of ether oxygens (including phenoxy) is 1. The highest BCUT2D eigenvalue weighted by atomic mass is 35.5. The van der Waals surface area contributed by atoms with Gasteiger partial charge in [0.1, 0.15) is 24.4 Å². The van der Waals surface area contributed by atoms with Gasteiger partial charge in [0.25, 0.3) is 5.91 Å². The Labute approximate surface area is 198 Å². The highest BCUT2D eigenvalue weighted by Gasteiger charge is 2.15. The van der Waals surface area contributed by atoms with E-state index in [0.717, 1.165) is 11.1 Å². The minimum absolute atomic E-state index is 0.119. The average Bonchev–Trinajstić information content (AvgIpc) is 3.39. The van der Waals surface area contributed by atoms with Crippen LogP contribution in [0.25, 0.3) is 0 Å². The lowest BCUT2D eigenvalue weighted by molar-refractivity contribution is 0.0991. The van der Waals surface area contributed by atoms with Gasteiger partial charge in [0.15, 0.2) is 5.76 Å². The molecule has 0 fully saturated rings. The number of hydrogen-bond donors (Lipinski definition) is 1. The summed E-state index contributed by atoms with van der Waals surface area (Å²) in [6, 6.07) is 13.8. The first-order valence-electron chi connectivity index (χ1n) is 9.50. The Morgan fingerprint density at radius 3 is 2.66 bits per heavy atom. The van der Waals surface area contributed by atoms with E-state index in [-0.39, 0.29) is 18.3 Å². The molecular formula is C22H17Cl3N4O3. The number of furan rings is 1. The lowest BCUT2D eigenvalue weighted by Gasteiger charge is -2.07. The van der Waals surface area contributed by atoms with Crippen molar-refractivity contribution in [1.82, 2.24) is 14.8 Å². The van der Waals surface area contributed by atoms with Gasteiger partial charge in [0.2, 0.25) is 5.95 Å². The first-order chi connectivity index (χ1) is 15.4. The standard InChI is InChI=1S/C22H17Cl3N4O3/c1-13-8-15(23)4-6-19(13)31-11-17-5-7-20(32-17)21(30)27-22-26-12-29(28-22)10-14-2-3-16(24)9-18(14)25/h2-9,12H,10-11H2,1H3,(H,27,28,30). The highest BCUT2D eigenvalue weighted by molar-refractivity contribution is 6.35. The maximum Gasteiger partial charge on any atom is 0.293 e. The highest BCUT2D eigenvalue weighted by Crippen LogP contribution is 2.24. The van der Waals surface area contributed by atoms with Crippen LogP contribution in [-0.4, -0.2) is 20.7 Å². The van der Waals surface area contributed by atoms with Crippen LogP contribution in [0.1, 0.15) is 27.4 Å². The summed E-state index contributed by atoms with van der Waals surface area (Å²) in [5.41, 5.74) is 1.73. The number of amides is 1. The molecule has 2 aromatic carbocycles. The average molecular weight is 492 g/mol. The van der Waals surface area contributed by atoms with Gasteiger partial charge in [-0.05, 0) is 60.5 Å². The number of aromatic nitrogens is 3. The molecule has 0 unspecified atom stereocenters. The van der Waals surface area contributed by atoms with E-state index in [0.29, 0.717) is 33.1 Å². The normalized spacial score (nSPS) is 10.9. The second-order valence-corrected chi connectivity index (χ2v) is 8.20. The van der Waals surface area contributed by atoms with Gasteiger partial charge in [-0.1, -0.05) is 40.9 Å². The number of benzene rings is 2. The summed E-state index contributed by atoms with van der Waals surface area (Å²) < 4.78 is 12.9. The smallest absolute Gasteiger partial charge is 0.293 e. The fourth-order valence-corrected chi connectivity index (χ4v) is 3.61. The fourth-order valence-electron chi connectivity index (χ4n) is 2.92. The molecule has 4 aromatic rings. The molecule has 0 aliphatic heterocycles. The molecule has 1 N–H and O–H groups in total. The Morgan fingerprint density at radius 1 is 1.09 bits per heavy atom. The maximum absolute atomic E-state index is 12.5. The quantitative estimate of drug-likeness (QED) is 0.342. The van der Waals surface area contributed by atoms with Crippen LogP contribution in [0.3, 0.4) is 0 Å². The molecule has 0 saturated heterocycles. The summed E-state index contributed by atoms with van der Waals surface area (Å²) in [5, 5.41) is 8.56. The van der Waals surface area contributed by atoms with Crippen LogP contribution >= 0.6 is 34.8 Å². The van der Waals surface area contributed by atoms with Crippen LogP contribution in [-0.2, 0) is 13.2 Å². The molecule has 10 heteroatoms. The number of nitrogens with zero attached hydrogens (tertiary/aromatic N) is 3. The van der Waals surface area contributed by atoms with Crippen molar-refractivity contribution in [3.8, 4) is 5.75 Å². The van der Waals surface area contributed by atoms with E-state index in [1.54, 1.807) is 41.1 Å². The molecule has 1 amide bonds. The number of nitrogens with one attached hydrogen (secondary N) is 1. The molecule has 0 atom stereocenters. The van der Waals surface area contributed by atoms with Crippen molar-refractivity contribution in [1.29, 1.82) is 0 Å². The van der Waals surface area contributed by atoms with Crippen LogP contribution in [0.2, 0.25) is 15.1 Å². The number of hydrogen-bond acceptors (Lipinski definition) is 5. The molecule has 7 nitrogen and oxygen atoms in total. The first-order valence-corrected chi connectivity index (χ1v) is 10.6. The van der Waals surface area contributed by atoms with Crippen LogP contribution < -0.4 is 10.1 Å². The third kappa shape index (κ3) is 5.43. The van der Waals surface area contributed by atoms with E-state index in [2.05, 4.69) is 15.4 Å². The van der Waals surface area contributed by atoms with Gasteiger partial charge < -0.3 is 9.15 Å². The van der Waals surface area contributed by atoms with Crippen LogP contribution in [0.5, 0.6) is 5.75 Å². The van der Waals surface area contributed by atoms with Gasteiger partial charge in [-0.2, -0.15) is 0 Å². The summed E-state index contributed by atoms with van der Waals surface area (Å²) in [4.78, 5) is 16.6. The third-order valence-electron chi connectivity index (χ3n) is 4.50. The minimum atomic E-state index is -0.471. The van der Waals surface area contributed by atoms with Crippen molar-refractivity contribution >= 4 is 46.7 Å². The predicted octanol–water partition coefficient (Wildman–Crippen LogP) is 6.02. The lowest BCUT2D eigenvalue weighted by atomic mass is 10.2. The molecule has 2 aromatic heterocycles. The van der Waals surface area contributed by atoms with Crippen molar-refractivity contribution in [3.63, 3.8) is 0 Å². The van der Waals surface area contributed by atoms with Crippen LogP contribution in [0.15, 0.2) is 59.3 Å². The Hall–Kier alpha value is -3.00. The summed E-state index contributed by atoms with van der Waals surface area (Å²) in [5.74, 6) is 0.980. The molecule has 0 aliphatic rings. The van der Waals surface area contributed by atoms with Gasteiger partial charge in [-0.3, -0.25) is 10.1 Å². The molecule has 0 spiro atoms. The summed E-state index contributed by atoms with van der Waals surface area (Å²) in [7, 11) is 0. The second-order valence-electron chi connectivity index (χ2n) is 6.92. The van der Waals surface area contributed by atoms with E-state index >= 15 is 0 Å². The van der Waals surface area contributed by atoms with Crippen molar-refractivity contribution in [3.05, 3.63) is 92.6 Å².